The molecule has 0 radical (unpaired) electrons. The van der Waals surface area contributed by atoms with E-state index in [0.29, 0.717) is 25.8 Å². The maximum absolute atomic E-state index is 13.5. The molecule has 0 aromatic heterocycles. The number of rotatable bonds is 8. The first-order valence-electron chi connectivity index (χ1n) is 12.0. The van der Waals surface area contributed by atoms with E-state index in [2.05, 4.69) is 6.92 Å². The summed E-state index contributed by atoms with van der Waals surface area (Å²) in [7, 11) is 0. The molecule has 0 saturated carbocycles. The van der Waals surface area contributed by atoms with Crippen molar-refractivity contribution in [2.75, 3.05) is 13.2 Å². The maximum atomic E-state index is 13.5. The number of carbonyl (C=O) groups excluding carboxylic acids is 1. The average molecular weight is 464 g/mol. The summed E-state index contributed by atoms with van der Waals surface area (Å²) >= 11 is 0. The van der Waals surface area contributed by atoms with Crippen LogP contribution in [0.3, 0.4) is 0 Å². The first kappa shape index (κ1) is 24.1. The van der Waals surface area contributed by atoms with Gasteiger partial charge in [0.1, 0.15) is 11.6 Å². The van der Waals surface area contributed by atoms with Gasteiger partial charge in [0.05, 0.1) is 6.04 Å². The van der Waals surface area contributed by atoms with Crippen molar-refractivity contribution in [3.63, 3.8) is 0 Å². The normalized spacial score (nSPS) is 19.3. The molecule has 3 nitrogen and oxygen atoms in total. The standard InChI is InChI=1S/C29H31F2NO2/c1-2-27(23-6-4-21(5-7-23)22-8-12-25(30)13-9-22)32-18-17-29(16-3-19-33,20-28(32)34)24-10-14-26(31)15-11-24/h4-15,27,33H,2-3,16-20H2,1H3/t27-,29-/m0/s1. The molecule has 0 unspecified atom stereocenters. The molecular weight excluding hydrogens is 432 g/mol. The van der Waals surface area contributed by atoms with Crippen LogP contribution in [0.4, 0.5) is 8.78 Å². The van der Waals surface area contributed by atoms with Crippen molar-refractivity contribution in [2.45, 2.75) is 50.5 Å². The van der Waals surface area contributed by atoms with Gasteiger partial charge in [0.25, 0.3) is 0 Å². The Morgan fingerprint density at radius 3 is 2.00 bits per heavy atom. The van der Waals surface area contributed by atoms with E-state index < -0.39 is 0 Å². The van der Waals surface area contributed by atoms with Crippen LogP contribution in [0.15, 0.2) is 72.8 Å². The summed E-state index contributed by atoms with van der Waals surface area (Å²) in [5, 5.41) is 9.44. The van der Waals surface area contributed by atoms with Crippen LogP contribution in [0.2, 0.25) is 0 Å². The number of hydrogen-bond acceptors (Lipinski definition) is 2. The predicted octanol–water partition coefficient (Wildman–Crippen LogP) is 6.42. The third-order valence-electron chi connectivity index (χ3n) is 7.15. The number of aliphatic hydroxyl groups is 1. The Bertz CT molecular complexity index is 1100. The summed E-state index contributed by atoms with van der Waals surface area (Å²) in [4.78, 5) is 15.4. The van der Waals surface area contributed by atoms with Gasteiger partial charge in [-0.3, -0.25) is 4.79 Å². The van der Waals surface area contributed by atoms with E-state index in [0.717, 1.165) is 35.1 Å². The third kappa shape index (κ3) is 5.05. The lowest BCUT2D eigenvalue weighted by molar-refractivity contribution is -0.139. The molecule has 0 bridgehead atoms. The van der Waals surface area contributed by atoms with Crippen molar-refractivity contribution in [1.29, 1.82) is 0 Å². The van der Waals surface area contributed by atoms with Crippen LogP contribution in [0.1, 0.15) is 56.2 Å². The number of hydrogen-bond donors (Lipinski definition) is 1. The monoisotopic (exact) mass is 463 g/mol. The van der Waals surface area contributed by atoms with E-state index in [-0.39, 0.29) is 35.6 Å². The Balaban J connectivity index is 1.54. The van der Waals surface area contributed by atoms with Gasteiger partial charge in [0, 0.05) is 25.0 Å². The molecule has 3 aromatic rings. The molecule has 5 heteroatoms. The number of aliphatic hydroxyl groups excluding tert-OH is 1. The van der Waals surface area contributed by atoms with E-state index >= 15 is 0 Å². The van der Waals surface area contributed by atoms with Gasteiger partial charge in [-0.2, -0.15) is 0 Å². The Kier molecular flexibility index (Phi) is 7.42. The molecule has 34 heavy (non-hydrogen) atoms. The molecule has 4 rings (SSSR count). The van der Waals surface area contributed by atoms with Crippen molar-refractivity contribution in [3.05, 3.63) is 95.6 Å². The first-order chi connectivity index (χ1) is 16.5. The second-order valence-corrected chi connectivity index (χ2v) is 9.18. The molecule has 1 amide bonds. The van der Waals surface area contributed by atoms with Gasteiger partial charge in [-0.05, 0) is 72.2 Å². The molecule has 1 aliphatic rings. The smallest absolute Gasteiger partial charge is 0.223 e. The zero-order valence-electron chi connectivity index (χ0n) is 19.5. The lowest BCUT2D eigenvalue weighted by Crippen LogP contribution is -2.47. The van der Waals surface area contributed by atoms with Crippen LogP contribution < -0.4 is 0 Å². The molecule has 1 saturated heterocycles. The minimum Gasteiger partial charge on any atom is -0.396 e. The molecule has 3 aromatic carbocycles. The van der Waals surface area contributed by atoms with Gasteiger partial charge < -0.3 is 10.0 Å². The average Bonchev–Trinajstić information content (AvgIpc) is 2.86. The van der Waals surface area contributed by atoms with Crippen LogP contribution >= 0.6 is 0 Å². The van der Waals surface area contributed by atoms with Gasteiger partial charge >= 0.3 is 0 Å². The SMILES string of the molecule is CC[C@@H](c1ccc(-c2ccc(F)cc2)cc1)N1CC[C@](CCCO)(c2ccc(F)cc2)CC1=O. The van der Waals surface area contributed by atoms with Crippen molar-refractivity contribution >= 4 is 5.91 Å². The molecule has 1 N–H and O–H groups in total. The van der Waals surface area contributed by atoms with Gasteiger partial charge in [-0.1, -0.05) is 55.5 Å². The number of amides is 1. The molecule has 0 spiro atoms. The fourth-order valence-corrected chi connectivity index (χ4v) is 5.27. The molecule has 1 fully saturated rings. The van der Waals surface area contributed by atoms with Gasteiger partial charge in [0.2, 0.25) is 5.91 Å². The van der Waals surface area contributed by atoms with Crippen LogP contribution in [-0.2, 0) is 10.2 Å². The first-order valence-corrected chi connectivity index (χ1v) is 12.0. The van der Waals surface area contributed by atoms with Gasteiger partial charge in [0.15, 0.2) is 0 Å². The van der Waals surface area contributed by atoms with Crippen molar-refractivity contribution in [1.82, 2.24) is 4.90 Å². The van der Waals surface area contributed by atoms with Crippen molar-refractivity contribution in [3.8, 4) is 11.1 Å². The summed E-state index contributed by atoms with van der Waals surface area (Å²) in [6.45, 7) is 2.76. The summed E-state index contributed by atoms with van der Waals surface area (Å²) in [5.41, 5.74) is 3.61. The number of benzene rings is 3. The van der Waals surface area contributed by atoms with Crippen molar-refractivity contribution in [2.24, 2.45) is 0 Å². The molecule has 178 valence electrons. The van der Waals surface area contributed by atoms with Crippen LogP contribution in [0, 0.1) is 11.6 Å². The second kappa shape index (κ2) is 10.5. The van der Waals surface area contributed by atoms with Gasteiger partial charge in [-0.15, -0.1) is 0 Å². The minimum absolute atomic E-state index is 0.0289. The number of piperidine rings is 1. The highest BCUT2D eigenvalue weighted by atomic mass is 19.1. The van der Waals surface area contributed by atoms with Crippen LogP contribution in [-0.4, -0.2) is 29.1 Å². The van der Waals surface area contributed by atoms with E-state index in [1.54, 1.807) is 24.3 Å². The number of likely N-dealkylation sites (tertiary alicyclic amines) is 1. The molecular formula is C29H31F2NO2. The second-order valence-electron chi connectivity index (χ2n) is 9.18. The summed E-state index contributed by atoms with van der Waals surface area (Å²) in [6.07, 6.45) is 3.21. The minimum atomic E-state index is -0.380. The zero-order valence-corrected chi connectivity index (χ0v) is 19.5. The topological polar surface area (TPSA) is 40.5 Å². The van der Waals surface area contributed by atoms with Gasteiger partial charge in [-0.25, -0.2) is 8.78 Å². The molecule has 1 aliphatic heterocycles. The Morgan fingerprint density at radius 2 is 1.47 bits per heavy atom. The van der Waals surface area contributed by atoms with Crippen LogP contribution in [0.25, 0.3) is 11.1 Å². The number of carbonyl (C=O) groups is 1. The zero-order chi connectivity index (χ0) is 24.1. The highest BCUT2D eigenvalue weighted by Crippen LogP contribution is 2.42. The lowest BCUT2D eigenvalue weighted by Gasteiger charge is -2.44. The Hall–Kier alpha value is -3.05. The predicted molar refractivity (Wildman–Crippen MR) is 130 cm³/mol. The summed E-state index contributed by atoms with van der Waals surface area (Å²) in [5.74, 6) is -0.464. The van der Waals surface area contributed by atoms with E-state index in [9.17, 15) is 18.7 Å². The largest absolute Gasteiger partial charge is 0.396 e. The quantitative estimate of drug-likeness (QED) is 0.419. The highest BCUT2D eigenvalue weighted by molar-refractivity contribution is 5.79. The van der Waals surface area contributed by atoms with Crippen molar-refractivity contribution < 1.29 is 18.7 Å². The Labute approximate surface area is 200 Å². The van der Waals surface area contributed by atoms with E-state index in [4.69, 9.17) is 0 Å². The van der Waals surface area contributed by atoms with E-state index in [1.165, 1.54) is 24.3 Å². The maximum Gasteiger partial charge on any atom is 0.223 e. The number of nitrogens with zero attached hydrogens (tertiary/aromatic N) is 1. The molecule has 1 heterocycles. The molecule has 2 atom stereocenters. The fourth-order valence-electron chi connectivity index (χ4n) is 5.27. The van der Waals surface area contributed by atoms with Crippen LogP contribution in [0.5, 0.6) is 0 Å². The number of halogens is 2. The summed E-state index contributed by atoms with van der Waals surface area (Å²) < 4.78 is 26.8. The summed E-state index contributed by atoms with van der Waals surface area (Å²) in [6, 6.07) is 21.0. The fraction of sp³-hybridized carbons (Fsp3) is 0.345. The van der Waals surface area contributed by atoms with E-state index in [1.807, 2.05) is 29.2 Å². The molecule has 0 aliphatic carbocycles. The Morgan fingerprint density at radius 1 is 0.912 bits per heavy atom. The highest BCUT2D eigenvalue weighted by Gasteiger charge is 2.41. The third-order valence-corrected chi connectivity index (χ3v) is 7.15. The lowest BCUT2D eigenvalue weighted by atomic mass is 9.69.